The van der Waals surface area contributed by atoms with Crippen molar-refractivity contribution >= 4 is 17.4 Å². The number of fused-ring (bicyclic) bond motifs is 1. The first-order valence-electron chi connectivity index (χ1n) is 6.71. The number of hydrogen-bond donors (Lipinski definition) is 1. The Balaban J connectivity index is 1.91. The summed E-state index contributed by atoms with van der Waals surface area (Å²) in [7, 11) is 0. The molecule has 6 heteroatoms. The first kappa shape index (κ1) is 12.3. The van der Waals surface area contributed by atoms with Crippen LogP contribution < -0.4 is 5.32 Å². The molecule has 104 valence electrons. The Morgan fingerprint density at radius 1 is 1.24 bits per heavy atom. The van der Waals surface area contributed by atoms with Gasteiger partial charge in [-0.15, -0.1) is 0 Å². The molecule has 3 heterocycles. The summed E-state index contributed by atoms with van der Waals surface area (Å²) in [6.45, 7) is 0.904. The number of nitrogens with zero attached hydrogens (tertiary/aromatic N) is 4. The van der Waals surface area contributed by atoms with Gasteiger partial charge >= 0.3 is 0 Å². The van der Waals surface area contributed by atoms with Crippen LogP contribution in [0.15, 0.2) is 42.9 Å². The standard InChI is InChI=1S/C15H12ClN5/c16-10-2-1-3-11(8-10)21-15-12(4-5-19-15)14(20-21)13-9-17-6-7-18-13/h1-3,6-9,19H,4-5H2. The van der Waals surface area contributed by atoms with Crippen LogP contribution in [0.25, 0.3) is 17.1 Å². The van der Waals surface area contributed by atoms with Gasteiger partial charge in [-0.1, -0.05) is 17.7 Å². The van der Waals surface area contributed by atoms with E-state index < -0.39 is 0 Å². The van der Waals surface area contributed by atoms with E-state index in [1.54, 1.807) is 18.6 Å². The van der Waals surface area contributed by atoms with Crippen molar-refractivity contribution in [3.63, 3.8) is 0 Å². The van der Waals surface area contributed by atoms with E-state index in [4.69, 9.17) is 16.7 Å². The van der Waals surface area contributed by atoms with Gasteiger partial charge in [-0.25, -0.2) is 4.68 Å². The molecule has 2 aromatic heterocycles. The van der Waals surface area contributed by atoms with Crippen LogP contribution in [0.3, 0.4) is 0 Å². The number of rotatable bonds is 2. The van der Waals surface area contributed by atoms with Gasteiger partial charge in [0.1, 0.15) is 17.2 Å². The molecule has 0 fully saturated rings. The summed E-state index contributed by atoms with van der Waals surface area (Å²) in [5, 5.41) is 8.78. The third kappa shape index (κ3) is 2.06. The summed E-state index contributed by atoms with van der Waals surface area (Å²) in [6, 6.07) is 7.66. The highest BCUT2D eigenvalue weighted by Gasteiger charge is 2.24. The quantitative estimate of drug-likeness (QED) is 0.790. The topological polar surface area (TPSA) is 55.6 Å². The predicted molar refractivity (Wildman–Crippen MR) is 81.8 cm³/mol. The van der Waals surface area contributed by atoms with E-state index in [1.165, 1.54) is 5.56 Å². The normalized spacial score (nSPS) is 13.0. The number of nitrogens with one attached hydrogen (secondary N) is 1. The molecule has 0 saturated carbocycles. The van der Waals surface area contributed by atoms with Crippen LogP contribution in [0.2, 0.25) is 5.02 Å². The van der Waals surface area contributed by atoms with Crippen molar-refractivity contribution in [3.05, 3.63) is 53.4 Å². The molecule has 1 N–H and O–H groups in total. The second-order valence-electron chi connectivity index (χ2n) is 4.83. The van der Waals surface area contributed by atoms with Gasteiger partial charge in [0.2, 0.25) is 0 Å². The Bertz CT molecular complexity index is 797. The summed E-state index contributed by atoms with van der Waals surface area (Å²) in [5.74, 6) is 1.01. The Morgan fingerprint density at radius 3 is 3.00 bits per heavy atom. The largest absolute Gasteiger partial charge is 0.369 e. The van der Waals surface area contributed by atoms with Gasteiger partial charge in [0.05, 0.1) is 11.9 Å². The van der Waals surface area contributed by atoms with Gasteiger partial charge in [0.25, 0.3) is 0 Å². The molecule has 5 nitrogen and oxygen atoms in total. The van der Waals surface area contributed by atoms with Crippen molar-refractivity contribution in [1.29, 1.82) is 0 Å². The van der Waals surface area contributed by atoms with E-state index in [0.717, 1.165) is 35.9 Å². The van der Waals surface area contributed by atoms with Crippen LogP contribution in [0.5, 0.6) is 0 Å². The lowest BCUT2D eigenvalue weighted by molar-refractivity contribution is 0.879. The molecule has 0 radical (unpaired) electrons. The van der Waals surface area contributed by atoms with Crippen LogP contribution in [0, 0.1) is 0 Å². The minimum absolute atomic E-state index is 0.691. The number of hydrogen-bond acceptors (Lipinski definition) is 4. The molecule has 0 aliphatic carbocycles. The Morgan fingerprint density at radius 2 is 2.19 bits per heavy atom. The van der Waals surface area contributed by atoms with Crippen molar-refractivity contribution in [2.45, 2.75) is 6.42 Å². The van der Waals surface area contributed by atoms with Crippen LogP contribution >= 0.6 is 11.6 Å². The molecule has 3 aromatic rings. The van der Waals surface area contributed by atoms with Crippen molar-refractivity contribution in [3.8, 4) is 17.1 Å². The van der Waals surface area contributed by atoms with Crippen molar-refractivity contribution < 1.29 is 0 Å². The monoisotopic (exact) mass is 297 g/mol. The Kier molecular flexibility index (Phi) is 2.86. The third-order valence-corrected chi connectivity index (χ3v) is 3.74. The average Bonchev–Trinajstić information content (AvgIpc) is 3.10. The maximum absolute atomic E-state index is 6.09. The molecular formula is C15H12ClN5. The fourth-order valence-corrected chi connectivity index (χ4v) is 2.78. The van der Waals surface area contributed by atoms with Gasteiger partial charge in [0, 0.05) is 29.5 Å². The maximum Gasteiger partial charge on any atom is 0.133 e. The fraction of sp³-hybridized carbons (Fsp3) is 0.133. The van der Waals surface area contributed by atoms with Gasteiger partial charge < -0.3 is 5.32 Å². The van der Waals surface area contributed by atoms with Crippen LogP contribution in [-0.2, 0) is 6.42 Å². The minimum Gasteiger partial charge on any atom is -0.369 e. The van der Waals surface area contributed by atoms with E-state index in [9.17, 15) is 0 Å². The first-order valence-corrected chi connectivity index (χ1v) is 7.09. The zero-order chi connectivity index (χ0) is 14.2. The molecule has 1 aliphatic heterocycles. The zero-order valence-corrected chi connectivity index (χ0v) is 11.9. The lowest BCUT2D eigenvalue weighted by atomic mass is 10.1. The van der Waals surface area contributed by atoms with Gasteiger partial charge in [0.15, 0.2) is 0 Å². The smallest absolute Gasteiger partial charge is 0.133 e. The zero-order valence-electron chi connectivity index (χ0n) is 11.1. The highest BCUT2D eigenvalue weighted by atomic mass is 35.5. The SMILES string of the molecule is Clc1cccc(-n2nc(-c3cnccn3)c3c2NCC3)c1. The maximum atomic E-state index is 6.09. The van der Waals surface area contributed by atoms with E-state index in [-0.39, 0.29) is 0 Å². The summed E-state index contributed by atoms with van der Waals surface area (Å²) in [5.41, 5.74) is 3.78. The minimum atomic E-state index is 0.691. The molecule has 21 heavy (non-hydrogen) atoms. The van der Waals surface area contributed by atoms with Gasteiger partial charge in [-0.05, 0) is 24.6 Å². The van der Waals surface area contributed by atoms with E-state index in [0.29, 0.717) is 5.02 Å². The Labute approximate surface area is 126 Å². The van der Waals surface area contributed by atoms with E-state index >= 15 is 0 Å². The molecule has 0 atom stereocenters. The highest BCUT2D eigenvalue weighted by Crippen LogP contribution is 2.33. The van der Waals surface area contributed by atoms with Crippen molar-refractivity contribution in [2.75, 3.05) is 11.9 Å². The number of halogens is 1. The average molecular weight is 298 g/mol. The molecule has 1 aliphatic rings. The summed E-state index contributed by atoms with van der Waals surface area (Å²) >= 11 is 6.09. The molecule has 0 saturated heterocycles. The molecule has 0 spiro atoms. The highest BCUT2D eigenvalue weighted by molar-refractivity contribution is 6.30. The summed E-state index contributed by atoms with van der Waals surface area (Å²) < 4.78 is 1.89. The second-order valence-corrected chi connectivity index (χ2v) is 5.27. The summed E-state index contributed by atoms with van der Waals surface area (Å²) in [6.07, 6.45) is 6.02. The van der Waals surface area contributed by atoms with E-state index in [1.807, 2.05) is 28.9 Å². The third-order valence-electron chi connectivity index (χ3n) is 3.51. The lowest BCUT2D eigenvalue weighted by Crippen LogP contribution is -2.04. The van der Waals surface area contributed by atoms with Crippen LogP contribution in [-0.4, -0.2) is 26.3 Å². The van der Waals surface area contributed by atoms with Gasteiger partial charge in [-0.3, -0.25) is 9.97 Å². The van der Waals surface area contributed by atoms with Crippen molar-refractivity contribution in [1.82, 2.24) is 19.7 Å². The molecule has 1 aromatic carbocycles. The van der Waals surface area contributed by atoms with Gasteiger partial charge in [-0.2, -0.15) is 5.10 Å². The van der Waals surface area contributed by atoms with Crippen molar-refractivity contribution in [2.24, 2.45) is 0 Å². The van der Waals surface area contributed by atoms with Crippen LogP contribution in [0.4, 0.5) is 5.82 Å². The number of anilines is 1. The first-order chi connectivity index (χ1) is 10.3. The molecule has 0 amide bonds. The second kappa shape index (κ2) is 4.86. The number of aromatic nitrogens is 4. The fourth-order valence-electron chi connectivity index (χ4n) is 2.60. The molecule has 0 unspecified atom stereocenters. The summed E-state index contributed by atoms with van der Waals surface area (Å²) in [4.78, 5) is 8.49. The lowest BCUT2D eigenvalue weighted by Gasteiger charge is -2.06. The van der Waals surface area contributed by atoms with Crippen LogP contribution in [0.1, 0.15) is 5.56 Å². The molecular weight excluding hydrogens is 286 g/mol. The molecule has 4 rings (SSSR count). The molecule has 0 bridgehead atoms. The predicted octanol–water partition coefficient (Wildman–Crippen LogP) is 2.95. The van der Waals surface area contributed by atoms with E-state index in [2.05, 4.69) is 15.3 Å². The number of benzene rings is 1. The Hall–Kier alpha value is -2.40.